The minimum atomic E-state index is -0.180. The van der Waals surface area contributed by atoms with Gasteiger partial charge in [0.2, 0.25) is 5.91 Å². The highest BCUT2D eigenvalue weighted by Crippen LogP contribution is 2.43. The molecule has 18 heavy (non-hydrogen) atoms. The van der Waals surface area contributed by atoms with Crippen LogP contribution in [-0.4, -0.2) is 54.1 Å². The van der Waals surface area contributed by atoms with Crippen LogP contribution in [0.25, 0.3) is 0 Å². The lowest BCUT2D eigenvalue weighted by Crippen LogP contribution is -2.47. The van der Waals surface area contributed by atoms with Gasteiger partial charge in [-0.1, -0.05) is 13.8 Å². The Labute approximate surface area is 111 Å². The maximum absolute atomic E-state index is 12.5. The van der Waals surface area contributed by atoms with Crippen molar-refractivity contribution in [2.75, 3.05) is 20.6 Å². The van der Waals surface area contributed by atoms with Gasteiger partial charge in [-0.25, -0.2) is 0 Å². The molecule has 1 aliphatic carbocycles. The van der Waals surface area contributed by atoms with Gasteiger partial charge in [-0.15, -0.1) is 0 Å². The van der Waals surface area contributed by atoms with Crippen molar-refractivity contribution in [2.24, 2.45) is 5.92 Å². The molecule has 2 unspecified atom stereocenters. The highest BCUT2D eigenvalue weighted by atomic mass is 16.2. The maximum Gasteiger partial charge on any atom is 0.244 e. The zero-order valence-electron chi connectivity index (χ0n) is 12.4. The van der Waals surface area contributed by atoms with Crippen LogP contribution in [0.1, 0.15) is 40.0 Å². The summed E-state index contributed by atoms with van der Waals surface area (Å²) in [6, 6.07) is 0.281. The van der Waals surface area contributed by atoms with E-state index in [1.807, 2.05) is 0 Å². The molecule has 0 aromatic rings. The molecule has 104 valence electrons. The van der Waals surface area contributed by atoms with E-state index in [0.29, 0.717) is 11.8 Å². The summed E-state index contributed by atoms with van der Waals surface area (Å²) in [5, 5.41) is 3.58. The maximum atomic E-state index is 12.5. The number of carbonyl (C=O) groups excluding carboxylic acids is 1. The molecule has 1 aliphatic heterocycles. The summed E-state index contributed by atoms with van der Waals surface area (Å²) < 4.78 is 0. The van der Waals surface area contributed by atoms with Crippen LogP contribution in [0.4, 0.5) is 0 Å². The second-order valence-electron chi connectivity index (χ2n) is 6.70. The van der Waals surface area contributed by atoms with Gasteiger partial charge in [0.05, 0.1) is 11.7 Å². The van der Waals surface area contributed by atoms with E-state index >= 15 is 0 Å². The largest absolute Gasteiger partial charge is 0.322 e. The van der Waals surface area contributed by atoms with Gasteiger partial charge in [-0.05, 0) is 46.2 Å². The minimum absolute atomic E-state index is 0.180. The van der Waals surface area contributed by atoms with E-state index in [0.717, 1.165) is 25.8 Å². The fourth-order valence-corrected chi connectivity index (χ4v) is 3.06. The van der Waals surface area contributed by atoms with Crippen molar-refractivity contribution in [3.05, 3.63) is 0 Å². The highest BCUT2D eigenvalue weighted by Gasteiger charge is 2.59. The molecule has 1 amide bonds. The van der Waals surface area contributed by atoms with Crippen LogP contribution in [0.2, 0.25) is 0 Å². The molecule has 2 fully saturated rings. The summed E-state index contributed by atoms with van der Waals surface area (Å²) in [7, 11) is 4.13. The number of nitrogens with one attached hydrogen (secondary N) is 1. The lowest BCUT2D eigenvalue weighted by Gasteiger charge is -2.32. The summed E-state index contributed by atoms with van der Waals surface area (Å²) in [6.07, 6.45) is 3.32. The summed E-state index contributed by atoms with van der Waals surface area (Å²) in [5.74, 6) is 0.945. The molecule has 4 nitrogen and oxygen atoms in total. The summed E-state index contributed by atoms with van der Waals surface area (Å²) in [6.45, 7) is 7.53. The Kier molecular flexibility index (Phi) is 3.70. The highest BCUT2D eigenvalue weighted by molar-refractivity contribution is 5.92. The van der Waals surface area contributed by atoms with Crippen molar-refractivity contribution >= 4 is 5.91 Å². The van der Waals surface area contributed by atoms with Crippen molar-refractivity contribution < 1.29 is 4.79 Å². The van der Waals surface area contributed by atoms with Crippen molar-refractivity contribution in [1.29, 1.82) is 0 Å². The molecule has 0 radical (unpaired) electrons. The Morgan fingerprint density at radius 2 is 2.00 bits per heavy atom. The fraction of sp³-hybridized carbons (Fsp3) is 0.929. The normalized spacial score (nSPS) is 27.6. The van der Waals surface area contributed by atoms with Gasteiger partial charge in [0.25, 0.3) is 0 Å². The van der Waals surface area contributed by atoms with Crippen LogP contribution >= 0.6 is 0 Å². The summed E-state index contributed by atoms with van der Waals surface area (Å²) in [4.78, 5) is 16.8. The topological polar surface area (TPSA) is 35.6 Å². The second kappa shape index (κ2) is 4.82. The fourth-order valence-electron chi connectivity index (χ4n) is 3.06. The number of carbonyl (C=O) groups is 1. The number of amides is 1. The first-order chi connectivity index (χ1) is 8.35. The SMILES string of the molecule is CC(C)CC1NC2(CC2)C(=O)N1C(C)CN(C)C. The Morgan fingerprint density at radius 3 is 2.44 bits per heavy atom. The third-order valence-corrected chi connectivity index (χ3v) is 3.97. The molecule has 0 aromatic heterocycles. The van der Waals surface area contributed by atoms with Gasteiger partial charge in [0.1, 0.15) is 0 Å². The predicted molar refractivity (Wildman–Crippen MR) is 73.2 cm³/mol. The van der Waals surface area contributed by atoms with Crippen molar-refractivity contribution in [2.45, 2.75) is 57.8 Å². The zero-order valence-corrected chi connectivity index (χ0v) is 12.4. The third-order valence-electron chi connectivity index (χ3n) is 3.97. The van der Waals surface area contributed by atoms with Crippen LogP contribution in [0.15, 0.2) is 0 Å². The van der Waals surface area contributed by atoms with Gasteiger partial charge in [0.15, 0.2) is 0 Å². The van der Waals surface area contributed by atoms with E-state index < -0.39 is 0 Å². The van der Waals surface area contributed by atoms with E-state index in [4.69, 9.17) is 0 Å². The van der Waals surface area contributed by atoms with E-state index in [-0.39, 0.29) is 17.7 Å². The van der Waals surface area contributed by atoms with E-state index in [1.165, 1.54) is 0 Å². The molecule has 1 spiro atoms. The quantitative estimate of drug-likeness (QED) is 0.801. The van der Waals surface area contributed by atoms with Gasteiger partial charge < -0.3 is 9.80 Å². The molecular weight excluding hydrogens is 226 g/mol. The summed E-state index contributed by atoms with van der Waals surface area (Å²) >= 11 is 0. The molecule has 2 atom stereocenters. The van der Waals surface area contributed by atoms with Gasteiger partial charge in [0, 0.05) is 12.6 Å². The first-order valence-corrected chi connectivity index (χ1v) is 7.11. The molecule has 2 aliphatic rings. The van der Waals surface area contributed by atoms with Crippen molar-refractivity contribution in [1.82, 2.24) is 15.1 Å². The number of hydrogen-bond donors (Lipinski definition) is 1. The Balaban J connectivity index is 2.10. The molecule has 1 saturated heterocycles. The van der Waals surface area contributed by atoms with Gasteiger partial charge >= 0.3 is 0 Å². The monoisotopic (exact) mass is 253 g/mol. The lowest BCUT2D eigenvalue weighted by molar-refractivity contribution is -0.133. The standard InChI is InChI=1S/C14H27N3O/c1-10(2)8-12-15-14(6-7-14)13(18)17(12)11(3)9-16(4)5/h10-12,15H,6-9H2,1-5H3. The lowest BCUT2D eigenvalue weighted by atomic mass is 10.1. The van der Waals surface area contributed by atoms with E-state index in [2.05, 4.69) is 50.0 Å². The molecular formula is C14H27N3O. The van der Waals surface area contributed by atoms with Crippen molar-refractivity contribution in [3.8, 4) is 0 Å². The number of hydrogen-bond acceptors (Lipinski definition) is 3. The Bertz CT molecular complexity index is 323. The number of nitrogens with zero attached hydrogens (tertiary/aromatic N) is 2. The van der Waals surface area contributed by atoms with Crippen LogP contribution in [0.5, 0.6) is 0 Å². The smallest absolute Gasteiger partial charge is 0.244 e. The molecule has 2 rings (SSSR count). The predicted octanol–water partition coefficient (Wildman–Crippen LogP) is 1.27. The average molecular weight is 253 g/mol. The molecule has 1 saturated carbocycles. The number of likely N-dealkylation sites (N-methyl/N-ethyl adjacent to an activating group) is 1. The molecule has 0 aromatic carbocycles. The Hall–Kier alpha value is -0.610. The van der Waals surface area contributed by atoms with Gasteiger partial charge in [-0.3, -0.25) is 10.1 Å². The number of rotatable bonds is 5. The first-order valence-electron chi connectivity index (χ1n) is 7.11. The van der Waals surface area contributed by atoms with E-state index in [1.54, 1.807) is 0 Å². The van der Waals surface area contributed by atoms with Crippen LogP contribution in [-0.2, 0) is 4.79 Å². The minimum Gasteiger partial charge on any atom is -0.322 e. The van der Waals surface area contributed by atoms with Gasteiger partial charge in [-0.2, -0.15) is 0 Å². The molecule has 4 heteroatoms. The molecule has 1 N–H and O–H groups in total. The van der Waals surface area contributed by atoms with Crippen molar-refractivity contribution in [3.63, 3.8) is 0 Å². The van der Waals surface area contributed by atoms with Crippen LogP contribution in [0, 0.1) is 5.92 Å². The molecule has 1 heterocycles. The molecule has 0 bridgehead atoms. The van der Waals surface area contributed by atoms with Crippen LogP contribution < -0.4 is 5.32 Å². The van der Waals surface area contributed by atoms with Crippen LogP contribution in [0.3, 0.4) is 0 Å². The first kappa shape index (κ1) is 13.8. The second-order valence-corrected chi connectivity index (χ2v) is 6.70. The zero-order chi connectivity index (χ0) is 13.5. The van der Waals surface area contributed by atoms with E-state index in [9.17, 15) is 4.79 Å². The Morgan fingerprint density at radius 1 is 1.39 bits per heavy atom. The average Bonchev–Trinajstić information content (AvgIpc) is 2.90. The summed E-state index contributed by atoms with van der Waals surface area (Å²) in [5.41, 5.74) is -0.180. The third kappa shape index (κ3) is 2.54.